The molecule has 0 amide bonds. The first-order valence-corrected chi connectivity index (χ1v) is 7.55. The molecule has 2 aliphatic rings. The van der Waals surface area contributed by atoms with Gasteiger partial charge in [-0.2, -0.15) is 0 Å². The lowest BCUT2D eigenvalue weighted by molar-refractivity contribution is -0.0866. The van der Waals surface area contributed by atoms with Crippen molar-refractivity contribution in [2.24, 2.45) is 5.92 Å². The molecule has 1 heterocycles. The van der Waals surface area contributed by atoms with E-state index in [9.17, 15) is 4.79 Å². The number of carbonyl (C=O) groups is 1. The Morgan fingerprint density at radius 1 is 1.35 bits per heavy atom. The number of ketones is 1. The van der Waals surface area contributed by atoms with Gasteiger partial charge in [-0.3, -0.25) is 4.79 Å². The topological polar surface area (TPSA) is 35.5 Å². The minimum Gasteiger partial charge on any atom is -0.497 e. The van der Waals surface area contributed by atoms with Crippen LogP contribution in [0.5, 0.6) is 5.75 Å². The second-order valence-corrected chi connectivity index (χ2v) is 6.02. The first-order valence-electron chi connectivity index (χ1n) is 7.55. The van der Waals surface area contributed by atoms with E-state index in [-0.39, 0.29) is 17.3 Å². The van der Waals surface area contributed by atoms with Crippen molar-refractivity contribution < 1.29 is 14.3 Å². The zero-order valence-corrected chi connectivity index (χ0v) is 12.1. The average Bonchev–Trinajstić information content (AvgIpc) is 2.94. The Morgan fingerprint density at radius 3 is 2.90 bits per heavy atom. The fourth-order valence-corrected chi connectivity index (χ4v) is 3.63. The lowest BCUT2D eigenvalue weighted by Crippen LogP contribution is -2.39. The van der Waals surface area contributed by atoms with Crippen molar-refractivity contribution in [1.29, 1.82) is 0 Å². The Kier molecular flexibility index (Phi) is 3.79. The molecule has 1 saturated carbocycles. The summed E-state index contributed by atoms with van der Waals surface area (Å²) in [5.74, 6) is 1.10. The molecule has 0 radical (unpaired) electrons. The molecule has 1 saturated heterocycles. The molecule has 1 unspecified atom stereocenters. The Labute approximate surface area is 120 Å². The predicted molar refractivity (Wildman–Crippen MR) is 77.2 cm³/mol. The molecular weight excluding hydrogens is 252 g/mol. The third-order valence-electron chi connectivity index (χ3n) is 4.73. The van der Waals surface area contributed by atoms with Crippen LogP contribution in [-0.2, 0) is 4.74 Å². The maximum absolute atomic E-state index is 12.7. The third kappa shape index (κ3) is 2.59. The van der Waals surface area contributed by atoms with Crippen LogP contribution in [0.25, 0.3) is 0 Å². The first kappa shape index (κ1) is 13.6. The molecular formula is C17H22O3. The average molecular weight is 274 g/mol. The van der Waals surface area contributed by atoms with Crippen LogP contribution in [0.1, 0.15) is 48.9 Å². The normalized spacial score (nSPS) is 24.8. The van der Waals surface area contributed by atoms with Gasteiger partial charge < -0.3 is 9.47 Å². The summed E-state index contributed by atoms with van der Waals surface area (Å²) in [4.78, 5) is 12.7. The van der Waals surface area contributed by atoms with Crippen LogP contribution in [-0.4, -0.2) is 25.1 Å². The summed E-state index contributed by atoms with van der Waals surface area (Å²) in [6.07, 6.45) is 6.45. The smallest absolute Gasteiger partial charge is 0.166 e. The van der Waals surface area contributed by atoms with Crippen molar-refractivity contribution in [1.82, 2.24) is 0 Å². The van der Waals surface area contributed by atoms with E-state index in [0.29, 0.717) is 0 Å². The van der Waals surface area contributed by atoms with E-state index in [2.05, 4.69) is 0 Å². The van der Waals surface area contributed by atoms with Gasteiger partial charge in [-0.1, -0.05) is 25.0 Å². The van der Waals surface area contributed by atoms with E-state index >= 15 is 0 Å². The largest absolute Gasteiger partial charge is 0.497 e. The quantitative estimate of drug-likeness (QED) is 0.790. The van der Waals surface area contributed by atoms with E-state index in [4.69, 9.17) is 9.47 Å². The van der Waals surface area contributed by atoms with E-state index in [1.165, 1.54) is 12.8 Å². The van der Waals surface area contributed by atoms with E-state index in [1.807, 2.05) is 24.3 Å². The Hall–Kier alpha value is -1.35. The van der Waals surface area contributed by atoms with Gasteiger partial charge in [-0.15, -0.1) is 0 Å². The van der Waals surface area contributed by atoms with Gasteiger partial charge in [0.1, 0.15) is 5.75 Å². The fourth-order valence-electron chi connectivity index (χ4n) is 3.63. The number of ether oxygens (including phenoxy) is 2. The highest BCUT2D eigenvalue weighted by Crippen LogP contribution is 2.42. The van der Waals surface area contributed by atoms with Gasteiger partial charge in [0.15, 0.2) is 5.78 Å². The van der Waals surface area contributed by atoms with Crippen LogP contribution in [0, 0.1) is 5.92 Å². The van der Waals surface area contributed by atoms with Gasteiger partial charge in [0.25, 0.3) is 0 Å². The van der Waals surface area contributed by atoms with Crippen LogP contribution in [0.15, 0.2) is 24.3 Å². The third-order valence-corrected chi connectivity index (χ3v) is 4.73. The highest BCUT2D eigenvalue weighted by atomic mass is 16.5. The maximum atomic E-state index is 12.7. The lowest BCUT2D eigenvalue weighted by atomic mass is 9.80. The minimum absolute atomic E-state index is 0.00254. The summed E-state index contributed by atoms with van der Waals surface area (Å²) in [5.41, 5.74) is 0.765. The molecule has 0 bridgehead atoms. The van der Waals surface area contributed by atoms with Crippen molar-refractivity contribution in [3.63, 3.8) is 0 Å². The van der Waals surface area contributed by atoms with Gasteiger partial charge in [0, 0.05) is 18.1 Å². The minimum atomic E-state index is -0.00254. The molecule has 0 aromatic heterocycles. The summed E-state index contributed by atoms with van der Waals surface area (Å²) < 4.78 is 11.2. The molecule has 0 N–H and O–H groups in total. The van der Waals surface area contributed by atoms with Gasteiger partial charge in [-0.05, 0) is 37.8 Å². The molecule has 1 spiro atoms. The number of carbonyl (C=O) groups excluding carboxylic acids is 1. The number of hydrogen-bond donors (Lipinski definition) is 0. The number of hydrogen-bond acceptors (Lipinski definition) is 3. The Morgan fingerprint density at radius 2 is 2.15 bits per heavy atom. The number of rotatable bonds is 3. The van der Waals surface area contributed by atoms with Gasteiger partial charge in [-0.25, -0.2) is 0 Å². The molecule has 3 nitrogen and oxygen atoms in total. The van der Waals surface area contributed by atoms with Gasteiger partial charge in [0.2, 0.25) is 0 Å². The number of Topliss-reactive ketones (excluding diaryl/α,β-unsaturated/α-hetero) is 1. The standard InChI is InChI=1S/C17H22O3/c1-19-15-6-4-5-13(11-15)16(18)14-7-10-20-17(12-14)8-2-3-9-17/h4-6,11,14H,2-3,7-10,12H2,1H3. The van der Waals surface area contributed by atoms with Crippen LogP contribution in [0.3, 0.4) is 0 Å². The lowest BCUT2D eigenvalue weighted by Gasteiger charge is -2.37. The van der Waals surface area contributed by atoms with Crippen LogP contribution in [0.2, 0.25) is 0 Å². The van der Waals surface area contributed by atoms with Gasteiger partial charge >= 0.3 is 0 Å². The summed E-state index contributed by atoms with van der Waals surface area (Å²) in [6.45, 7) is 0.723. The summed E-state index contributed by atoms with van der Waals surface area (Å²) >= 11 is 0. The molecule has 3 rings (SSSR count). The molecule has 1 aliphatic carbocycles. The van der Waals surface area contributed by atoms with Crippen molar-refractivity contribution in [3.05, 3.63) is 29.8 Å². The first-order chi connectivity index (χ1) is 9.72. The van der Waals surface area contributed by atoms with Crippen LogP contribution < -0.4 is 4.74 Å². The van der Waals surface area contributed by atoms with Crippen LogP contribution in [0.4, 0.5) is 0 Å². The Balaban J connectivity index is 1.76. The summed E-state index contributed by atoms with van der Waals surface area (Å²) in [7, 11) is 1.63. The Bertz CT molecular complexity index is 489. The van der Waals surface area contributed by atoms with Crippen molar-refractivity contribution >= 4 is 5.78 Å². The summed E-state index contributed by atoms with van der Waals surface area (Å²) in [6, 6.07) is 7.50. The monoisotopic (exact) mass is 274 g/mol. The van der Waals surface area contributed by atoms with Crippen molar-refractivity contribution in [3.8, 4) is 5.75 Å². The molecule has 3 heteroatoms. The zero-order chi connectivity index (χ0) is 14.0. The molecule has 108 valence electrons. The molecule has 20 heavy (non-hydrogen) atoms. The number of methoxy groups -OCH3 is 1. The molecule has 2 fully saturated rings. The maximum Gasteiger partial charge on any atom is 0.166 e. The molecule has 1 atom stereocenters. The fraction of sp³-hybridized carbons (Fsp3) is 0.588. The zero-order valence-electron chi connectivity index (χ0n) is 12.1. The second-order valence-electron chi connectivity index (χ2n) is 6.02. The number of benzene rings is 1. The van der Waals surface area contributed by atoms with Crippen LogP contribution >= 0.6 is 0 Å². The van der Waals surface area contributed by atoms with E-state index in [1.54, 1.807) is 7.11 Å². The summed E-state index contributed by atoms with van der Waals surface area (Å²) in [5, 5.41) is 0. The van der Waals surface area contributed by atoms with E-state index in [0.717, 1.165) is 43.6 Å². The highest BCUT2D eigenvalue weighted by Gasteiger charge is 2.41. The second kappa shape index (κ2) is 5.57. The van der Waals surface area contributed by atoms with Gasteiger partial charge in [0.05, 0.1) is 12.7 Å². The molecule has 1 aromatic carbocycles. The highest BCUT2D eigenvalue weighted by molar-refractivity contribution is 5.98. The van der Waals surface area contributed by atoms with Crippen molar-refractivity contribution in [2.75, 3.05) is 13.7 Å². The predicted octanol–water partition coefficient (Wildman–Crippen LogP) is 3.62. The molecule has 1 aliphatic heterocycles. The van der Waals surface area contributed by atoms with E-state index < -0.39 is 0 Å². The van der Waals surface area contributed by atoms with Crippen molar-refractivity contribution in [2.45, 2.75) is 44.1 Å². The molecule has 1 aromatic rings. The SMILES string of the molecule is COc1cccc(C(=O)C2CCOC3(CCCC3)C2)c1.